The fourth-order valence-corrected chi connectivity index (χ4v) is 3.87. The van der Waals surface area contributed by atoms with Crippen LogP contribution in [0.1, 0.15) is 22.0 Å². The zero-order chi connectivity index (χ0) is 20.1. The molecule has 0 unspecified atom stereocenters. The van der Waals surface area contributed by atoms with E-state index in [1.807, 2.05) is 14.1 Å². The summed E-state index contributed by atoms with van der Waals surface area (Å²) in [6.07, 6.45) is 0. The Morgan fingerprint density at radius 1 is 1.04 bits per heavy atom. The van der Waals surface area contributed by atoms with Gasteiger partial charge in [-0.05, 0) is 36.4 Å². The van der Waals surface area contributed by atoms with E-state index in [1.165, 1.54) is 11.3 Å². The predicted octanol–water partition coefficient (Wildman–Crippen LogP) is 0.290. The average Bonchev–Trinajstić information content (AvgIpc) is 2.70. The van der Waals surface area contributed by atoms with Crippen molar-refractivity contribution in [1.82, 2.24) is 5.32 Å². The summed E-state index contributed by atoms with van der Waals surface area (Å²) in [5.74, 6) is -0.0502. The molecule has 6 heteroatoms. The number of rotatable bonds is 6. The number of amides is 1. The highest BCUT2D eigenvalue weighted by atomic mass is 35.5. The number of hydrogen-bond donors (Lipinski definition) is 3. The van der Waals surface area contributed by atoms with Crippen molar-refractivity contribution in [2.45, 2.75) is 6.04 Å². The van der Waals surface area contributed by atoms with Gasteiger partial charge in [-0.3, -0.25) is 4.79 Å². The quantitative estimate of drug-likeness (QED) is 0.650. The molecule has 28 heavy (non-hydrogen) atoms. The van der Waals surface area contributed by atoms with Gasteiger partial charge in [0.2, 0.25) is 0 Å². The topological polar surface area (TPSA) is 41.2 Å². The van der Waals surface area contributed by atoms with Gasteiger partial charge in [-0.25, -0.2) is 0 Å². The highest BCUT2D eigenvalue weighted by Crippen LogP contribution is 2.16. The molecule has 3 rings (SSSR count). The number of piperazine rings is 1. The summed E-state index contributed by atoms with van der Waals surface area (Å²) >= 11 is 5.93. The van der Waals surface area contributed by atoms with Gasteiger partial charge in [-0.15, -0.1) is 0 Å². The second-order valence-electron chi connectivity index (χ2n) is 7.87. The Morgan fingerprint density at radius 3 is 2.21 bits per heavy atom. The third kappa shape index (κ3) is 5.25. The molecule has 0 bridgehead atoms. The molecule has 1 atom stereocenters. The van der Waals surface area contributed by atoms with E-state index in [-0.39, 0.29) is 11.9 Å². The third-order valence-corrected chi connectivity index (χ3v) is 5.88. The highest BCUT2D eigenvalue weighted by molar-refractivity contribution is 6.30. The maximum absolute atomic E-state index is 12.6. The molecular weight excluding hydrogens is 372 g/mol. The van der Waals surface area contributed by atoms with Crippen molar-refractivity contribution < 1.29 is 14.6 Å². The smallest absolute Gasteiger partial charge is 0.251 e. The summed E-state index contributed by atoms with van der Waals surface area (Å²) in [6, 6.07) is 16.0. The van der Waals surface area contributed by atoms with Crippen LogP contribution in [-0.4, -0.2) is 59.8 Å². The summed E-state index contributed by atoms with van der Waals surface area (Å²) in [7, 11) is 6.35. The first-order valence-electron chi connectivity index (χ1n) is 9.91. The molecule has 1 aliphatic rings. The maximum Gasteiger partial charge on any atom is 0.251 e. The number of hydrogen-bond acceptors (Lipinski definition) is 2. The van der Waals surface area contributed by atoms with Crippen LogP contribution < -0.4 is 20.0 Å². The van der Waals surface area contributed by atoms with Crippen molar-refractivity contribution in [3.8, 4) is 0 Å². The van der Waals surface area contributed by atoms with Gasteiger partial charge in [0, 0.05) is 35.9 Å². The fraction of sp³-hybridized carbons (Fsp3) is 0.409. The first-order valence-corrected chi connectivity index (χ1v) is 10.3. The largest absolute Gasteiger partial charge is 0.378 e. The number of nitrogens with zero attached hydrogens (tertiary/aromatic N) is 1. The summed E-state index contributed by atoms with van der Waals surface area (Å²) in [5.41, 5.74) is 3.10. The second-order valence-corrected chi connectivity index (χ2v) is 8.31. The molecule has 2 aromatic rings. The number of halogens is 1. The van der Waals surface area contributed by atoms with Gasteiger partial charge < -0.3 is 20.0 Å². The van der Waals surface area contributed by atoms with Crippen LogP contribution in [-0.2, 0) is 0 Å². The summed E-state index contributed by atoms with van der Waals surface area (Å²) in [6.45, 7) is 5.17. The van der Waals surface area contributed by atoms with Crippen LogP contribution in [0.3, 0.4) is 0 Å². The molecule has 1 heterocycles. The van der Waals surface area contributed by atoms with Gasteiger partial charge in [-0.1, -0.05) is 23.7 Å². The van der Waals surface area contributed by atoms with E-state index < -0.39 is 0 Å². The number of likely N-dealkylation sites (N-methyl/N-ethyl adjacent to an activating group) is 1. The van der Waals surface area contributed by atoms with Crippen LogP contribution in [0, 0.1) is 0 Å². The van der Waals surface area contributed by atoms with E-state index in [0.717, 1.165) is 26.2 Å². The van der Waals surface area contributed by atoms with Gasteiger partial charge in [-0.2, -0.15) is 0 Å². The summed E-state index contributed by atoms with van der Waals surface area (Å²) in [5, 5.41) is 3.78. The van der Waals surface area contributed by atoms with Crippen LogP contribution in [0.25, 0.3) is 0 Å². The van der Waals surface area contributed by atoms with Crippen molar-refractivity contribution in [3.63, 3.8) is 0 Å². The Kier molecular flexibility index (Phi) is 6.94. The molecule has 0 radical (unpaired) electrons. The van der Waals surface area contributed by atoms with Crippen LogP contribution >= 0.6 is 11.6 Å². The Balaban J connectivity index is 1.74. The van der Waals surface area contributed by atoms with E-state index in [2.05, 4.69) is 41.5 Å². The highest BCUT2D eigenvalue weighted by Gasteiger charge is 2.29. The van der Waals surface area contributed by atoms with E-state index in [4.69, 9.17) is 11.6 Å². The van der Waals surface area contributed by atoms with Crippen molar-refractivity contribution in [3.05, 3.63) is 64.7 Å². The van der Waals surface area contributed by atoms with Gasteiger partial charge in [0.05, 0.1) is 13.6 Å². The van der Waals surface area contributed by atoms with Gasteiger partial charge in [0.25, 0.3) is 5.91 Å². The van der Waals surface area contributed by atoms with Gasteiger partial charge in [0.1, 0.15) is 32.2 Å². The molecule has 0 saturated carbocycles. The van der Waals surface area contributed by atoms with E-state index >= 15 is 0 Å². The third-order valence-electron chi connectivity index (χ3n) is 5.62. The normalized spacial score (nSPS) is 20.4. The maximum atomic E-state index is 12.6. The van der Waals surface area contributed by atoms with E-state index in [1.54, 1.807) is 34.1 Å². The average molecular weight is 403 g/mol. The van der Waals surface area contributed by atoms with E-state index in [0.29, 0.717) is 17.1 Å². The van der Waals surface area contributed by atoms with Crippen LogP contribution in [0.4, 0.5) is 5.69 Å². The van der Waals surface area contributed by atoms with Crippen molar-refractivity contribution in [1.29, 1.82) is 0 Å². The Bertz CT molecular complexity index is 768. The molecular formula is C22H31ClN4O+2. The van der Waals surface area contributed by atoms with Crippen LogP contribution in [0.15, 0.2) is 48.5 Å². The molecule has 0 aliphatic carbocycles. The lowest BCUT2D eigenvalue weighted by Gasteiger charge is -2.33. The zero-order valence-corrected chi connectivity index (χ0v) is 17.7. The minimum Gasteiger partial charge on any atom is -0.378 e. The molecule has 1 saturated heterocycles. The molecule has 0 spiro atoms. The molecule has 1 fully saturated rings. The lowest BCUT2D eigenvalue weighted by atomic mass is 10.0. The van der Waals surface area contributed by atoms with Gasteiger partial charge >= 0.3 is 0 Å². The predicted molar refractivity (Wildman–Crippen MR) is 115 cm³/mol. The number of carbonyl (C=O) groups excluding carboxylic acids is 1. The number of anilines is 1. The number of nitrogens with one attached hydrogen (secondary N) is 3. The molecule has 5 nitrogen and oxygen atoms in total. The number of quaternary nitrogens is 2. The zero-order valence-electron chi connectivity index (χ0n) is 17.0. The van der Waals surface area contributed by atoms with Crippen LogP contribution in [0.2, 0.25) is 5.02 Å². The van der Waals surface area contributed by atoms with Crippen molar-refractivity contribution >= 4 is 23.2 Å². The fourth-order valence-electron chi connectivity index (χ4n) is 3.75. The number of carbonyl (C=O) groups is 1. The lowest BCUT2D eigenvalue weighted by Crippen LogP contribution is -3.27. The Hall–Kier alpha value is -2.08. The van der Waals surface area contributed by atoms with Gasteiger partial charge in [0.15, 0.2) is 0 Å². The molecule has 1 amide bonds. The standard InChI is InChI=1S/C22H29ClN4O/c1-25(2)20-10-6-17(7-11-20)21(27-14-12-26(3)13-15-27)16-24-22(28)18-4-8-19(23)9-5-18/h4-11,21H,12-16H2,1-3H3,(H,24,28)/p+2/t21-/m0/s1. The molecule has 150 valence electrons. The minimum absolute atomic E-state index is 0.0502. The molecule has 3 N–H and O–H groups in total. The first-order chi connectivity index (χ1) is 13.4. The Labute approximate surface area is 172 Å². The summed E-state index contributed by atoms with van der Waals surface area (Å²) < 4.78 is 0. The molecule has 0 aromatic heterocycles. The summed E-state index contributed by atoms with van der Waals surface area (Å²) in [4.78, 5) is 17.8. The second kappa shape index (κ2) is 9.41. The Morgan fingerprint density at radius 2 is 1.64 bits per heavy atom. The van der Waals surface area contributed by atoms with Crippen molar-refractivity contribution in [2.75, 3.05) is 58.8 Å². The molecule has 1 aliphatic heterocycles. The van der Waals surface area contributed by atoms with Crippen LogP contribution in [0.5, 0.6) is 0 Å². The van der Waals surface area contributed by atoms with Crippen molar-refractivity contribution in [2.24, 2.45) is 0 Å². The number of benzene rings is 2. The molecule has 2 aromatic carbocycles. The SMILES string of the molecule is CN(C)c1ccc([C@H](CNC(=O)c2ccc(Cl)cc2)[NH+]2CC[NH+](C)CC2)cc1. The first kappa shape index (κ1) is 20.6. The monoisotopic (exact) mass is 402 g/mol. The lowest BCUT2D eigenvalue weighted by molar-refractivity contribution is -1.02. The minimum atomic E-state index is -0.0502. The van der Waals surface area contributed by atoms with E-state index in [9.17, 15) is 4.79 Å².